The van der Waals surface area contributed by atoms with Gasteiger partial charge in [-0.3, -0.25) is 4.90 Å². The van der Waals surface area contributed by atoms with Crippen molar-refractivity contribution in [1.29, 1.82) is 0 Å². The summed E-state index contributed by atoms with van der Waals surface area (Å²) < 4.78 is 5.26. The van der Waals surface area contributed by atoms with E-state index >= 15 is 0 Å². The fourth-order valence-corrected chi connectivity index (χ4v) is 2.97. The van der Waals surface area contributed by atoms with Gasteiger partial charge in [-0.2, -0.15) is 0 Å². The van der Waals surface area contributed by atoms with Gasteiger partial charge in [-0.15, -0.1) is 0 Å². The van der Waals surface area contributed by atoms with Gasteiger partial charge in [0.05, 0.1) is 12.7 Å². The van der Waals surface area contributed by atoms with Crippen LogP contribution in [0.15, 0.2) is 0 Å². The van der Waals surface area contributed by atoms with Crippen LogP contribution in [0.1, 0.15) is 19.8 Å². The lowest BCUT2D eigenvalue weighted by atomic mass is 9.92. The molecular weight excluding hydrogens is 204 g/mol. The number of hydrogen-bond acceptors (Lipinski definition) is 4. The summed E-state index contributed by atoms with van der Waals surface area (Å²) in [4.78, 5) is 2.44. The van der Waals surface area contributed by atoms with Crippen LogP contribution in [0, 0.1) is 5.92 Å². The maximum atomic E-state index is 9.87. The molecule has 2 rings (SSSR count). The number of aliphatic hydroxyl groups is 1. The van der Waals surface area contributed by atoms with E-state index in [1.54, 1.807) is 0 Å². The fraction of sp³-hybridized carbons (Fsp3) is 1.00. The number of β-amino-alcohol motifs (C(OH)–C–C–N with tert-alkyl or cyclic N) is 1. The SMILES string of the molecule is CCOCC(O)CN1CCCC2CNCC21. The van der Waals surface area contributed by atoms with Crippen LogP contribution >= 0.6 is 0 Å². The standard InChI is InChI=1S/C12H24N2O2/c1-2-16-9-11(15)8-14-5-3-4-10-6-13-7-12(10)14/h10-13,15H,2-9H2,1H3. The van der Waals surface area contributed by atoms with Gasteiger partial charge in [-0.05, 0) is 38.8 Å². The van der Waals surface area contributed by atoms with E-state index in [1.165, 1.54) is 12.8 Å². The largest absolute Gasteiger partial charge is 0.389 e. The molecule has 94 valence electrons. The number of aliphatic hydroxyl groups excluding tert-OH is 1. The van der Waals surface area contributed by atoms with Crippen molar-refractivity contribution in [3.8, 4) is 0 Å². The molecule has 2 heterocycles. The molecule has 4 nitrogen and oxygen atoms in total. The highest BCUT2D eigenvalue weighted by atomic mass is 16.5. The molecule has 0 bridgehead atoms. The number of nitrogens with zero attached hydrogens (tertiary/aromatic N) is 1. The Hall–Kier alpha value is -0.160. The highest BCUT2D eigenvalue weighted by molar-refractivity contribution is 4.92. The first-order chi connectivity index (χ1) is 7.81. The summed E-state index contributed by atoms with van der Waals surface area (Å²) in [6, 6.07) is 0.644. The highest BCUT2D eigenvalue weighted by Gasteiger charge is 2.35. The van der Waals surface area contributed by atoms with Gasteiger partial charge >= 0.3 is 0 Å². The average molecular weight is 228 g/mol. The number of likely N-dealkylation sites (tertiary alicyclic amines) is 1. The number of hydrogen-bond donors (Lipinski definition) is 2. The second kappa shape index (κ2) is 5.96. The Kier molecular flexibility index (Phi) is 4.58. The van der Waals surface area contributed by atoms with Gasteiger partial charge in [0, 0.05) is 25.7 Å². The van der Waals surface area contributed by atoms with Gasteiger partial charge in [0.2, 0.25) is 0 Å². The van der Waals surface area contributed by atoms with Gasteiger partial charge in [-0.1, -0.05) is 0 Å². The third kappa shape index (κ3) is 2.94. The Labute approximate surface area is 98.0 Å². The lowest BCUT2D eigenvalue weighted by molar-refractivity contribution is 0.00203. The Morgan fingerprint density at radius 2 is 2.38 bits per heavy atom. The molecule has 2 aliphatic heterocycles. The Balaban J connectivity index is 1.79. The number of piperidine rings is 1. The van der Waals surface area contributed by atoms with Crippen molar-refractivity contribution in [2.75, 3.05) is 39.4 Å². The minimum Gasteiger partial charge on any atom is -0.389 e. The summed E-state index contributed by atoms with van der Waals surface area (Å²) in [7, 11) is 0. The number of ether oxygens (including phenoxy) is 1. The third-order valence-corrected chi connectivity index (χ3v) is 3.75. The van der Waals surface area contributed by atoms with Crippen molar-refractivity contribution in [1.82, 2.24) is 10.2 Å². The number of nitrogens with one attached hydrogen (secondary N) is 1. The predicted molar refractivity (Wildman–Crippen MR) is 63.5 cm³/mol. The topological polar surface area (TPSA) is 44.7 Å². The van der Waals surface area contributed by atoms with Gasteiger partial charge in [0.25, 0.3) is 0 Å². The van der Waals surface area contributed by atoms with E-state index < -0.39 is 0 Å². The minimum atomic E-state index is -0.334. The molecule has 0 saturated carbocycles. The average Bonchev–Trinajstić information content (AvgIpc) is 2.75. The van der Waals surface area contributed by atoms with Crippen LogP contribution in [0.3, 0.4) is 0 Å². The molecule has 2 fully saturated rings. The van der Waals surface area contributed by atoms with E-state index in [0.29, 0.717) is 19.3 Å². The molecule has 0 aromatic carbocycles. The number of rotatable bonds is 5. The lowest BCUT2D eigenvalue weighted by Crippen LogP contribution is -2.48. The third-order valence-electron chi connectivity index (χ3n) is 3.75. The van der Waals surface area contributed by atoms with E-state index in [1.807, 2.05) is 6.92 Å². The summed E-state index contributed by atoms with van der Waals surface area (Å²) in [5.74, 6) is 0.799. The van der Waals surface area contributed by atoms with Gasteiger partial charge in [0.15, 0.2) is 0 Å². The second-order valence-corrected chi connectivity index (χ2v) is 4.94. The summed E-state index contributed by atoms with van der Waals surface area (Å²) in [6.07, 6.45) is 2.28. The molecule has 0 amide bonds. The van der Waals surface area contributed by atoms with Crippen LogP contribution in [0.25, 0.3) is 0 Å². The van der Waals surface area contributed by atoms with Crippen molar-refractivity contribution < 1.29 is 9.84 Å². The van der Waals surface area contributed by atoms with E-state index in [9.17, 15) is 5.11 Å². The molecule has 2 aliphatic rings. The van der Waals surface area contributed by atoms with Crippen molar-refractivity contribution >= 4 is 0 Å². The van der Waals surface area contributed by atoms with Crippen molar-refractivity contribution in [2.45, 2.75) is 31.9 Å². The molecule has 3 atom stereocenters. The molecule has 0 radical (unpaired) electrons. The number of fused-ring (bicyclic) bond motifs is 1. The molecule has 0 aromatic heterocycles. The summed E-state index contributed by atoms with van der Waals surface area (Å²) in [5, 5.41) is 13.3. The molecule has 0 spiro atoms. The second-order valence-electron chi connectivity index (χ2n) is 4.94. The minimum absolute atomic E-state index is 0.334. The zero-order chi connectivity index (χ0) is 11.4. The van der Waals surface area contributed by atoms with Gasteiger partial charge < -0.3 is 15.2 Å². The maximum Gasteiger partial charge on any atom is 0.0900 e. The van der Waals surface area contributed by atoms with Gasteiger partial charge in [-0.25, -0.2) is 0 Å². The van der Waals surface area contributed by atoms with Crippen LogP contribution < -0.4 is 5.32 Å². The van der Waals surface area contributed by atoms with E-state index in [0.717, 1.165) is 32.1 Å². The van der Waals surface area contributed by atoms with Crippen molar-refractivity contribution in [2.24, 2.45) is 5.92 Å². The molecule has 0 aromatic rings. The smallest absolute Gasteiger partial charge is 0.0900 e. The molecule has 16 heavy (non-hydrogen) atoms. The normalized spacial score (nSPS) is 32.6. The first-order valence-electron chi connectivity index (χ1n) is 6.51. The summed E-state index contributed by atoms with van der Waals surface area (Å²) in [5.41, 5.74) is 0. The zero-order valence-electron chi connectivity index (χ0n) is 10.2. The lowest BCUT2D eigenvalue weighted by Gasteiger charge is -2.38. The predicted octanol–water partition coefficient (Wildman–Crippen LogP) is 0.0676. The quantitative estimate of drug-likeness (QED) is 0.699. The zero-order valence-corrected chi connectivity index (χ0v) is 10.2. The van der Waals surface area contributed by atoms with E-state index in [2.05, 4.69) is 10.2 Å². The summed E-state index contributed by atoms with van der Waals surface area (Å²) in [6.45, 7) is 7.26. The van der Waals surface area contributed by atoms with Crippen LogP contribution in [0.4, 0.5) is 0 Å². The molecule has 3 unspecified atom stereocenters. The monoisotopic (exact) mass is 228 g/mol. The van der Waals surface area contributed by atoms with Crippen LogP contribution in [0.2, 0.25) is 0 Å². The first kappa shape index (κ1) is 12.3. The van der Waals surface area contributed by atoms with E-state index in [4.69, 9.17) is 4.74 Å². The molecule has 4 heteroatoms. The Bertz CT molecular complexity index is 213. The van der Waals surface area contributed by atoms with Crippen LogP contribution in [-0.4, -0.2) is 61.5 Å². The highest BCUT2D eigenvalue weighted by Crippen LogP contribution is 2.26. The molecule has 2 N–H and O–H groups in total. The summed E-state index contributed by atoms with van der Waals surface area (Å²) >= 11 is 0. The van der Waals surface area contributed by atoms with Crippen molar-refractivity contribution in [3.05, 3.63) is 0 Å². The maximum absolute atomic E-state index is 9.87. The fourth-order valence-electron chi connectivity index (χ4n) is 2.97. The molecule has 2 saturated heterocycles. The van der Waals surface area contributed by atoms with Gasteiger partial charge in [0.1, 0.15) is 0 Å². The molecule has 0 aliphatic carbocycles. The van der Waals surface area contributed by atoms with E-state index in [-0.39, 0.29) is 6.10 Å². The Morgan fingerprint density at radius 1 is 1.50 bits per heavy atom. The van der Waals surface area contributed by atoms with Crippen molar-refractivity contribution in [3.63, 3.8) is 0 Å². The Morgan fingerprint density at radius 3 is 3.19 bits per heavy atom. The van der Waals surface area contributed by atoms with Crippen LogP contribution in [-0.2, 0) is 4.74 Å². The first-order valence-corrected chi connectivity index (χ1v) is 6.51. The molecular formula is C12H24N2O2. The van der Waals surface area contributed by atoms with Crippen LogP contribution in [0.5, 0.6) is 0 Å².